The molecule has 3 rings (SSSR count). The second kappa shape index (κ2) is 7.55. The highest BCUT2D eigenvalue weighted by Gasteiger charge is 2.36. The summed E-state index contributed by atoms with van der Waals surface area (Å²) in [5.41, 5.74) is 5.10. The lowest BCUT2D eigenvalue weighted by Crippen LogP contribution is -2.27. The number of hydrogen-bond donors (Lipinski definition) is 0. The van der Waals surface area contributed by atoms with Gasteiger partial charge in [0.05, 0.1) is 5.92 Å². The molecule has 1 aliphatic heterocycles. The van der Waals surface area contributed by atoms with Crippen LogP contribution in [0.25, 0.3) is 0 Å². The molecule has 1 atom stereocenters. The standard InChI is InChI=1S/C23H27NO3/c1-14(2)20-7-6-15(3)11-21(20)27-23(26)18-12-22(25)24(13-18)19-9-16(4)8-17(5)10-19/h6-11,14,18H,12-13H2,1-5H3/t18-/m1/s1. The van der Waals surface area contributed by atoms with E-state index >= 15 is 0 Å². The number of benzene rings is 2. The van der Waals surface area contributed by atoms with Crippen molar-refractivity contribution in [2.75, 3.05) is 11.4 Å². The molecule has 4 heteroatoms. The zero-order chi connectivity index (χ0) is 19.7. The van der Waals surface area contributed by atoms with Gasteiger partial charge in [-0.3, -0.25) is 9.59 Å². The minimum atomic E-state index is -0.446. The van der Waals surface area contributed by atoms with Crippen molar-refractivity contribution in [2.24, 2.45) is 5.92 Å². The molecule has 0 aromatic heterocycles. The number of carbonyl (C=O) groups is 2. The van der Waals surface area contributed by atoms with Crippen LogP contribution in [0.4, 0.5) is 5.69 Å². The van der Waals surface area contributed by atoms with Crippen molar-refractivity contribution >= 4 is 17.6 Å². The Morgan fingerprint density at radius 3 is 2.33 bits per heavy atom. The van der Waals surface area contributed by atoms with E-state index in [1.165, 1.54) is 0 Å². The number of esters is 1. The van der Waals surface area contributed by atoms with Crippen LogP contribution in [0.3, 0.4) is 0 Å². The molecule has 1 heterocycles. The monoisotopic (exact) mass is 365 g/mol. The van der Waals surface area contributed by atoms with Crippen LogP contribution in [0.15, 0.2) is 36.4 Å². The van der Waals surface area contributed by atoms with Gasteiger partial charge in [0, 0.05) is 18.7 Å². The van der Waals surface area contributed by atoms with Crippen LogP contribution < -0.4 is 9.64 Å². The summed E-state index contributed by atoms with van der Waals surface area (Å²) in [6, 6.07) is 12.0. The number of aryl methyl sites for hydroxylation is 3. The molecule has 0 radical (unpaired) electrons. The van der Waals surface area contributed by atoms with Crippen molar-refractivity contribution in [3.05, 3.63) is 58.7 Å². The Labute approximate surface area is 161 Å². The van der Waals surface area contributed by atoms with Gasteiger partial charge in [0.1, 0.15) is 5.75 Å². The summed E-state index contributed by atoms with van der Waals surface area (Å²) in [6.07, 6.45) is 0.189. The van der Waals surface area contributed by atoms with Crippen LogP contribution in [0.5, 0.6) is 5.75 Å². The van der Waals surface area contributed by atoms with E-state index < -0.39 is 5.92 Å². The van der Waals surface area contributed by atoms with Gasteiger partial charge in [-0.05, 0) is 67.1 Å². The number of amides is 1. The summed E-state index contributed by atoms with van der Waals surface area (Å²) in [5, 5.41) is 0. The summed E-state index contributed by atoms with van der Waals surface area (Å²) >= 11 is 0. The molecule has 1 amide bonds. The lowest BCUT2D eigenvalue weighted by molar-refractivity contribution is -0.139. The highest BCUT2D eigenvalue weighted by Crippen LogP contribution is 2.31. The SMILES string of the molecule is Cc1cc(C)cc(N2C[C@H](C(=O)Oc3cc(C)ccc3C(C)C)CC2=O)c1. The lowest BCUT2D eigenvalue weighted by Gasteiger charge is -2.18. The average Bonchev–Trinajstić information content (AvgIpc) is 2.95. The Morgan fingerprint density at radius 1 is 1.04 bits per heavy atom. The molecule has 0 aliphatic carbocycles. The van der Waals surface area contributed by atoms with Gasteiger partial charge in [0.15, 0.2) is 0 Å². The first-order chi connectivity index (χ1) is 12.7. The van der Waals surface area contributed by atoms with Crippen LogP contribution in [0, 0.1) is 26.7 Å². The molecule has 1 aliphatic rings. The molecule has 0 unspecified atom stereocenters. The van der Waals surface area contributed by atoms with Crippen LogP contribution in [0.1, 0.15) is 48.4 Å². The number of rotatable bonds is 4. The lowest BCUT2D eigenvalue weighted by atomic mass is 10.0. The highest BCUT2D eigenvalue weighted by molar-refractivity contribution is 5.99. The molecule has 0 saturated carbocycles. The Kier molecular flexibility index (Phi) is 5.36. The summed E-state index contributed by atoms with van der Waals surface area (Å²) in [7, 11) is 0. The molecule has 4 nitrogen and oxygen atoms in total. The molecule has 142 valence electrons. The average molecular weight is 365 g/mol. The quantitative estimate of drug-likeness (QED) is 0.583. The van der Waals surface area contributed by atoms with Crippen molar-refractivity contribution in [3.8, 4) is 5.75 Å². The second-order valence-electron chi connectivity index (χ2n) is 7.87. The summed E-state index contributed by atoms with van der Waals surface area (Å²) in [5.74, 6) is 0.0505. The molecule has 0 spiro atoms. The van der Waals surface area contributed by atoms with Crippen LogP contribution in [-0.2, 0) is 9.59 Å². The van der Waals surface area contributed by atoms with Crippen LogP contribution in [0.2, 0.25) is 0 Å². The molecular formula is C23H27NO3. The van der Waals surface area contributed by atoms with E-state index in [0.29, 0.717) is 12.3 Å². The van der Waals surface area contributed by atoms with Gasteiger partial charge < -0.3 is 9.64 Å². The summed E-state index contributed by atoms with van der Waals surface area (Å²) < 4.78 is 5.73. The predicted molar refractivity (Wildman–Crippen MR) is 107 cm³/mol. The van der Waals surface area contributed by atoms with E-state index in [1.54, 1.807) is 4.90 Å². The summed E-state index contributed by atoms with van der Waals surface area (Å²) in [4.78, 5) is 27.0. The van der Waals surface area contributed by atoms with Gasteiger partial charge in [-0.2, -0.15) is 0 Å². The van der Waals surface area contributed by atoms with Crippen molar-refractivity contribution in [2.45, 2.75) is 47.0 Å². The predicted octanol–water partition coefficient (Wildman–Crippen LogP) is 4.69. The van der Waals surface area contributed by atoms with Gasteiger partial charge in [0.2, 0.25) is 5.91 Å². The fourth-order valence-corrected chi connectivity index (χ4v) is 3.62. The van der Waals surface area contributed by atoms with E-state index in [9.17, 15) is 9.59 Å². The topological polar surface area (TPSA) is 46.6 Å². The fourth-order valence-electron chi connectivity index (χ4n) is 3.62. The number of ether oxygens (including phenoxy) is 1. The summed E-state index contributed by atoms with van der Waals surface area (Å²) in [6.45, 7) is 10.5. The zero-order valence-corrected chi connectivity index (χ0v) is 16.7. The molecule has 1 fully saturated rings. The smallest absolute Gasteiger partial charge is 0.316 e. The van der Waals surface area contributed by atoms with Gasteiger partial charge in [-0.15, -0.1) is 0 Å². The minimum absolute atomic E-state index is 0.0322. The van der Waals surface area contributed by atoms with Gasteiger partial charge in [-0.25, -0.2) is 0 Å². The number of carbonyl (C=O) groups excluding carboxylic acids is 2. The third kappa shape index (κ3) is 4.21. The number of anilines is 1. The van der Waals surface area contributed by atoms with Gasteiger partial charge >= 0.3 is 5.97 Å². The van der Waals surface area contributed by atoms with Crippen molar-refractivity contribution in [1.29, 1.82) is 0 Å². The Balaban J connectivity index is 1.78. The highest BCUT2D eigenvalue weighted by atomic mass is 16.5. The van der Waals surface area contributed by atoms with E-state index in [0.717, 1.165) is 27.9 Å². The van der Waals surface area contributed by atoms with E-state index in [4.69, 9.17) is 4.74 Å². The Bertz CT molecular complexity index is 865. The number of hydrogen-bond acceptors (Lipinski definition) is 3. The maximum Gasteiger partial charge on any atom is 0.316 e. The molecule has 0 bridgehead atoms. The molecule has 0 N–H and O–H groups in total. The molecule has 2 aromatic carbocycles. The first-order valence-electron chi connectivity index (χ1n) is 9.45. The van der Waals surface area contributed by atoms with E-state index in [-0.39, 0.29) is 24.2 Å². The van der Waals surface area contributed by atoms with Crippen molar-refractivity contribution < 1.29 is 14.3 Å². The van der Waals surface area contributed by atoms with Crippen LogP contribution in [-0.4, -0.2) is 18.4 Å². The molecular weight excluding hydrogens is 338 g/mol. The first kappa shape index (κ1) is 19.2. The van der Waals surface area contributed by atoms with Crippen molar-refractivity contribution in [1.82, 2.24) is 0 Å². The van der Waals surface area contributed by atoms with E-state index in [1.807, 2.05) is 51.1 Å². The fraction of sp³-hybridized carbons (Fsp3) is 0.391. The maximum absolute atomic E-state index is 12.8. The number of nitrogens with zero attached hydrogens (tertiary/aromatic N) is 1. The second-order valence-corrected chi connectivity index (χ2v) is 7.87. The van der Waals surface area contributed by atoms with E-state index in [2.05, 4.69) is 19.9 Å². The van der Waals surface area contributed by atoms with Gasteiger partial charge in [0.25, 0.3) is 0 Å². The normalized spacial score (nSPS) is 16.9. The molecule has 27 heavy (non-hydrogen) atoms. The maximum atomic E-state index is 12.8. The Morgan fingerprint density at radius 2 is 1.70 bits per heavy atom. The Hall–Kier alpha value is -2.62. The van der Waals surface area contributed by atoms with Gasteiger partial charge in [-0.1, -0.05) is 32.0 Å². The molecule has 1 saturated heterocycles. The minimum Gasteiger partial charge on any atom is -0.426 e. The first-order valence-corrected chi connectivity index (χ1v) is 9.45. The van der Waals surface area contributed by atoms with Crippen molar-refractivity contribution in [3.63, 3.8) is 0 Å². The van der Waals surface area contributed by atoms with Crippen LogP contribution >= 0.6 is 0 Å². The third-order valence-electron chi connectivity index (χ3n) is 4.98. The molecule has 2 aromatic rings. The zero-order valence-electron chi connectivity index (χ0n) is 16.7. The third-order valence-corrected chi connectivity index (χ3v) is 4.98. The largest absolute Gasteiger partial charge is 0.426 e.